The Bertz CT molecular complexity index is 490. The van der Waals surface area contributed by atoms with Gasteiger partial charge in [-0.25, -0.2) is 0 Å². The van der Waals surface area contributed by atoms with E-state index < -0.39 is 5.51 Å². The first-order chi connectivity index (χ1) is 9.89. The van der Waals surface area contributed by atoms with E-state index in [0.717, 1.165) is 13.0 Å². The summed E-state index contributed by atoms with van der Waals surface area (Å²) in [6.45, 7) is 2.26. The van der Waals surface area contributed by atoms with Gasteiger partial charge in [0.15, 0.2) is 0 Å². The first-order valence-electron chi connectivity index (χ1n) is 6.69. The fourth-order valence-electron chi connectivity index (χ4n) is 2.45. The van der Waals surface area contributed by atoms with Crippen molar-refractivity contribution in [1.29, 1.82) is 0 Å². The number of alkyl halides is 3. The maximum absolute atomic E-state index is 12.3. The lowest BCUT2D eigenvalue weighted by Crippen LogP contribution is -2.30. The molecule has 0 aromatic heterocycles. The van der Waals surface area contributed by atoms with Crippen LogP contribution in [0.3, 0.4) is 0 Å². The van der Waals surface area contributed by atoms with E-state index in [0.29, 0.717) is 24.6 Å². The highest BCUT2D eigenvalue weighted by Gasteiger charge is 2.30. The Morgan fingerprint density at radius 3 is 2.62 bits per heavy atom. The summed E-state index contributed by atoms with van der Waals surface area (Å²) >= 11 is -0.173. The Balaban J connectivity index is 1.97. The highest BCUT2D eigenvalue weighted by atomic mass is 32.2. The zero-order valence-corrected chi connectivity index (χ0v) is 12.4. The van der Waals surface area contributed by atoms with Gasteiger partial charge in [-0.2, -0.15) is 13.2 Å². The molecule has 3 nitrogen and oxygen atoms in total. The van der Waals surface area contributed by atoms with Crippen molar-refractivity contribution in [3.05, 3.63) is 29.8 Å². The number of hydrogen-bond acceptors (Lipinski definition) is 3. The van der Waals surface area contributed by atoms with Crippen LogP contribution in [0.5, 0.6) is 0 Å². The van der Waals surface area contributed by atoms with Crippen molar-refractivity contribution >= 4 is 17.7 Å². The van der Waals surface area contributed by atoms with E-state index in [9.17, 15) is 18.0 Å². The molecular weight excluding hydrogens is 301 g/mol. The van der Waals surface area contributed by atoms with E-state index in [1.807, 2.05) is 7.05 Å². The van der Waals surface area contributed by atoms with Crippen LogP contribution in [0.2, 0.25) is 0 Å². The molecule has 21 heavy (non-hydrogen) atoms. The van der Waals surface area contributed by atoms with Gasteiger partial charge in [0.2, 0.25) is 0 Å². The van der Waals surface area contributed by atoms with Gasteiger partial charge < -0.3 is 10.2 Å². The predicted molar refractivity (Wildman–Crippen MR) is 76.3 cm³/mol. The van der Waals surface area contributed by atoms with E-state index in [1.54, 1.807) is 4.90 Å². The van der Waals surface area contributed by atoms with Crippen LogP contribution in [-0.2, 0) is 0 Å². The van der Waals surface area contributed by atoms with Gasteiger partial charge in [-0.15, -0.1) is 0 Å². The molecule has 1 aliphatic rings. The van der Waals surface area contributed by atoms with Crippen LogP contribution in [0.1, 0.15) is 16.8 Å². The molecule has 0 saturated carbocycles. The molecule has 0 spiro atoms. The molecule has 0 radical (unpaired) electrons. The SMILES string of the molecule is CNCC1CCN(C(=O)c2ccc(SC(F)(F)F)cc2)C1. The molecular formula is C14H17F3N2OS. The van der Waals surface area contributed by atoms with Gasteiger partial charge in [-0.1, -0.05) is 0 Å². The van der Waals surface area contributed by atoms with E-state index in [1.165, 1.54) is 24.3 Å². The number of amides is 1. The molecule has 1 unspecified atom stereocenters. The molecule has 1 amide bonds. The Morgan fingerprint density at radius 1 is 1.38 bits per heavy atom. The third-order valence-corrected chi connectivity index (χ3v) is 4.14. The van der Waals surface area contributed by atoms with Crippen LogP contribution in [-0.4, -0.2) is 43.0 Å². The second-order valence-electron chi connectivity index (χ2n) is 5.04. The van der Waals surface area contributed by atoms with Crippen LogP contribution < -0.4 is 5.32 Å². The van der Waals surface area contributed by atoms with Gasteiger partial charge in [-0.05, 0) is 62.0 Å². The summed E-state index contributed by atoms with van der Waals surface area (Å²) in [6.07, 6.45) is 0.953. The van der Waals surface area contributed by atoms with Gasteiger partial charge in [0.05, 0.1) is 0 Å². The number of benzene rings is 1. The second kappa shape index (κ2) is 6.70. The summed E-state index contributed by atoms with van der Waals surface area (Å²) in [5.74, 6) is 0.330. The van der Waals surface area contributed by atoms with E-state index in [4.69, 9.17) is 0 Å². The molecule has 0 bridgehead atoms. The highest BCUT2D eigenvalue weighted by Crippen LogP contribution is 2.36. The highest BCUT2D eigenvalue weighted by molar-refractivity contribution is 8.00. The Labute approximate surface area is 125 Å². The van der Waals surface area contributed by atoms with Crippen LogP contribution in [0, 0.1) is 5.92 Å². The van der Waals surface area contributed by atoms with Gasteiger partial charge in [-0.3, -0.25) is 4.79 Å². The van der Waals surface area contributed by atoms with Crippen LogP contribution in [0.15, 0.2) is 29.2 Å². The lowest BCUT2D eigenvalue weighted by molar-refractivity contribution is -0.0328. The Morgan fingerprint density at radius 2 is 2.05 bits per heavy atom. The van der Waals surface area contributed by atoms with Crippen molar-refractivity contribution in [1.82, 2.24) is 10.2 Å². The maximum Gasteiger partial charge on any atom is 0.446 e. The zero-order chi connectivity index (χ0) is 15.5. The Kier molecular flexibility index (Phi) is 5.16. The average molecular weight is 318 g/mol. The fourth-order valence-corrected chi connectivity index (χ4v) is 2.99. The zero-order valence-electron chi connectivity index (χ0n) is 11.6. The molecule has 1 N–H and O–H groups in total. The number of halogens is 3. The van der Waals surface area contributed by atoms with Crippen LogP contribution in [0.25, 0.3) is 0 Å². The van der Waals surface area contributed by atoms with Crippen molar-refractivity contribution in [3.8, 4) is 0 Å². The van der Waals surface area contributed by atoms with Gasteiger partial charge in [0.25, 0.3) is 5.91 Å². The Hall–Kier alpha value is -1.21. The van der Waals surface area contributed by atoms with Crippen molar-refractivity contribution in [2.75, 3.05) is 26.7 Å². The molecule has 1 atom stereocenters. The van der Waals surface area contributed by atoms with Gasteiger partial charge >= 0.3 is 5.51 Å². The normalized spacial score (nSPS) is 19.0. The first-order valence-corrected chi connectivity index (χ1v) is 7.50. The van der Waals surface area contributed by atoms with Gasteiger partial charge in [0, 0.05) is 23.5 Å². The molecule has 1 saturated heterocycles. The van der Waals surface area contributed by atoms with Crippen molar-refractivity contribution in [2.45, 2.75) is 16.8 Å². The molecule has 116 valence electrons. The second-order valence-corrected chi connectivity index (χ2v) is 6.17. The fraction of sp³-hybridized carbons (Fsp3) is 0.500. The summed E-state index contributed by atoms with van der Waals surface area (Å²) in [7, 11) is 1.88. The van der Waals surface area contributed by atoms with E-state index >= 15 is 0 Å². The number of carbonyl (C=O) groups is 1. The largest absolute Gasteiger partial charge is 0.446 e. The van der Waals surface area contributed by atoms with Crippen molar-refractivity contribution in [2.24, 2.45) is 5.92 Å². The number of nitrogens with zero attached hydrogens (tertiary/aromatic N) is 1. The third-order valence-electron chi connectivity index (χ3n) is 3.40. The summed E-state index contributed by atoms with van der Waals surface area (Å²) in [5, 5.41) is 3.09. The molecule has 1 aliphatic heterocycles. The maximum atomic E-state index is 12.3. The molecule has 7 heteroatoms. The first kappa shape index (κ1) is 16.2. The minimum Gasteiger partial charge on any atom is -0.338 e. The van der Waals surface area contributed by atoms with Gasteiger partial charge in [0.1, 0.15) is 0 Å². The number of thioether (sulfide) groups is 1. The minimum absolute atomic E-state index is 0.0912. The van der Waals surface area contributed by atoms with Crippen molar-refractivity contribution in [3.63, 3.8) is 0 Å². The van der Waals surface area contributed by atoms with Crippen LogP contribution in [0.4, 0.5) is 13.2 Å². The molecule has 1 heterocycles. The number of hydrogen-bond donors (Lipinski definition) is 1. The third kappa shape index (κ3) is 4.64. The average Bonchev–Trinajstić information content (AvgIpc) is 2.86. The summed E-state index contributed by atoms with van der Waals surface area (Å²) < 4.78 is 36.7. The minimum atomic E-state index is -4.30. The summed E-state index contributed by atoms with van der Waals surface area (Å²) in [6, 6.07) is 5.60. The van der Waals surface area contributed by atoms with E-state index in [-0.39, 0.29) is 22.6 Å². The van der Waals surface area contributed by atoms with Crippen molar-refractivity contribution < 1.29 is 18.0 Å². The van der Waals surface area contributed by atoms with E-state index in [2.05, 4.69) is 5.32 Å². The summed E-state index contributed by atoms with van der Waals surface area (Å²) in [4.78, 5) is 14.1. The number of nitrogens with one attached hydrogen (secondary N) is 1. The quantitative estimate of drug-likeness (QED) is 0.866. The number of likely N-dealkylation sites (tertiary alicyclic amines) is 1. The number of carbonyl (C=O) groups excluding carboxylic acids is 1. The molecule has 2 rings (SSSR count). The standard InChI is InChI=1S/C14H17F3N2OS/c1-18-8-10-6-7-19(9-10)13(20)11-2-4-12(5-3-11)21-14(15,16)17/h2-5,10,18H,6-9H2,1H3. The smallest absolute Gasteiger partial charge is 0.338 e. The monoisotopic (exact) mass is 318 g/mol. The summed E-state index contributed by atoms with van der Waals surface area (Å²) in [5.41, 5.74) is -3.87. The van der Waals surface area contributed by atoms with Crippen LogP contribution >= 0.6 is 11.8 Å². The number of rotatable bonds is 4. The molecule has 1 aromatic rings. The molecule has 0 aliphatic carbocycles. The molecule has 1 aromatic carbocycles. The molecule has 1 fully saturated rings. The topological polar surface area (TPSA) is 32.3 Å². The lowest BCUT2D eigenvalue weighted by atomic mass is 10.1. The lowest BCUT2D eigenvalue weighted by Gasteiger charge is -2.17. The predicted octanol–water partition coefficient (Wildman–Crippen LogP) is 2.98.